The summed E-state index contributed by atoms with van der Waals surface area (Å²) < 4.78 is 15.9. The first kappa shape index (κ1) is 26.5. The Morgan fingerprint density at radius 3 is 2.71 bits per heavy atom. The van der Waals surface area contributed by atoms with E-state index in [0.29, 0.717) is 23.7 Å². The van der Waals surface area contributed by atoms with Gasteiger partial charge in [-0.05, 0) is 47.7 Å². The molecule has 1 aliphatic carbocycles. The Kier molecular flexibility index (Phi) is 6.91. The van der Waals surface area contributed by atoms with Crippen molar-refractivity contribution in [1.29, 1.82) is 0 Å². The zero-order valence-corrected chi connectivity index (χ0v) is 22.0. The predicted molar refractivity (Wildman–Crippen MR) is 146 cm³/mol. The summed E-state index contributed by atoms with van der Waals surface area (Å²) in [6.07, 6.45) is 1.92. The Hall–Kier alpha value is -4.71. The highest BCUT2D eigenvalue weighted by molar-refractivity contribution is 6.05. The van der Waals surface area contributed by atoms with Gasteiger partial charge in [0.15, 0.2) is 5.69 Å². The lowest BCUT2D eigenvalue weighted by atomic mass is 9.86. The van der Waals surface area contributed by atoms with Crippen LogP contribution in [0.25, 0.3) is 22.0 Å². The number of carbonyl (C=O) groups excluding carboxylic acids is 3. The van der Waals surface area contributed by atoms with Crippen LogP contribution in [0.1, 0.15) is 40.6 Å². The van der Waals surface area contributed by atoms with Crippen molar-refractivity contribution < 1.29 is 23.9 Å². The minimum atomic E-state index is -1.38. The first-order valence-corrected chi connectivity index (χ1v) is 13.4. The van der Waals surface area contributed by atoms with Gasteiger partial charge < -0.3 is 21.1 Å². The van der Waals surface area contributed by atoms with E-state index in [1.807, 2.05) is 24.3 Å². The molecule has 4 atom stereocenters. The van der Waals surface area contributed by atoms with Gasteiger partial charge in [0.2, 0.25) is 11.8 Å². The van der Waals surface area contributed by atoms with E-state index in [-0.39, 0.29) is 25.2 Å². The van der Waals surface area contributed by atoms with Crippen LogP contribution in [0.2, 0.25) is 0 Å². The number of primary amides is 1. The van der Waals surface area contributed by atoms with E-state index in [1.54, 1.807) is 36.7 Å². The molecule has 4 N–H and O–H groups in total. The summed E-state index contributed by atoms with van der Waals surface area (Å²) in [5.74, 6) is -1.80. The number of aliphatic hydroxyl groups excluding tert-OH is 1. The molecule has 12 heteroatoms. The maximum atomic E-state index is 14.6. The van der Waals surface area contributed by atoms with E-state index < -0.39 is 42.1 Å². The van der Waals surface area contributed by atoms with Crippen molar-refractivity contribution in [3.8, 4) is 11.1 Å². The first-order valence-electron chi connectivity index (χ1n) is 13.4. The van der Waals surface area contributed by atoms with Crippen LogP contribution < -0.4 is 11.1 Å². The SMILES string of the molecule is NC(=O)c1nn(CC(=O)N2CC(F)CC2C(=O)NC2CCc3ccccc3C2O)c2ccc(-c3ccnnc3)cc12. The number of carbonyl (C=O) groups is 3. The molecule has 2 aliphatic rings. The molecule has 4 unspecified atom stereocenters. The number of nitrogens with two attached hydrogens (primary N) is 1. The Morgan fingerprint density at radius 1 is 1.10 bits per heavy atom. The number of aromatic nitrogens is 4. The number of nitrogens with one attached hydrogen (secondary N) is 1. The number of likely N-dealkylation sites (tertiary alicyclic amines) is 1. The number of halogens is 1. The fraction of sp³-hybridized carbons (Fsp3) is 0.310. The van der Waals surface area contributed by atoms with E-state index in [2.05, 4.69) is 20.6 Å². The fourth-order valence-corrected chi connectivity index (χ4v) is 5.82. The average Bonchev–Trinajstić information content (AvgIpc) is 3.55. The van der Waals surface area contributed by atoms with Crippen molar-refractivity contribution in [3.05, 3.63) is 77.7 Å². The van der Waals surface area contributed by atoms with E-state index in [0.717, 1.165) is 22.3 Å². The van der Waals surface area contributed by atoms with E-state index in [4.69, 9.17) is 5.73 Å². The van der Waals surface area contributed by atoms with Crippen LogP contribution in [0.3, 0.4) is 0 Å². The standard InChI is InChI=1S/C29H28FN7O4/c30-19-12-24(29(41)34-22-7-5-16-3-1-2-4-20(16)27(22)39)36(14-19)25(38)15-37-23-8-6-17(18-9-10-32-33-13-18)11-21(23)26(35-37)28(31)40/h1-4,6,8-11,13,19,22,24,27,39H,5,7,12,14-15H2,(H2,31,40)(H,34,41). The van der Waals surface area contributed by atoms with Crippen LogP contribution in [0.15, 0.2) is 60.9 Å². The Labute approximate surface area is 234 Å². The zero-order chi connectivity index (χ0) is 28.7. The normalized spacial score (nSPS) is 22.0. The maximum absolute atomic E-state index is 14.6. The van der Waals surface area contributed by atoms with Crippen LogP contribution in [0, 0.1) is 0 Å². The second-order valence-electron chi connectivity index (χ2n) is 10.4. The summed E-state index contributed by atoms with van der Waals surface area (Å²) in [6, 6.07) is 12.9. The van der Waals surface area contributed by atoms with Crippen LogP contribution >= 0.6 is 0 Å². The predicted octanol–water partition coefficient (Wildman–Crippen LogP) is 1.70. The number of fused-ring (bicyclic) bond motifs is 2. The Bertz CT molecular complexity index is 1640. The molecule has 1 fully saturated rings. The minimum absolute atomic E-state index is 0.0117. The van der Waals surface area contributed by atoms with E-state index in [9.17, 15) is 23.9 Å². The number of amides is 3. The molecule has 210 valence electrons. The van der Waals surface area contributed by atoms with Gasteiger partial charge in [-0.15, -0.1) is 0 Å². The summed E-state index contributed by atoms with van der Waals surface area (Å²) in [5, 5.41) is 26.1. The van der Waals surface area contributed by atoms with Crippen molar-refractivity contribution in [1.82, 2.24) is 30.2 Å². The van der Waals surface area contributed by atoms with Gasteiger partial charge >= 0.3 is 0 Å². The van der Waals surface area contributed by atoms with Gasteiger partial charge in [0.1, 0.15) is 18.8 Å². The topological polar surface area (TPSA) is 156 Å². The van der Waals surface area contributed by atoms with Gasteiger partial charge in [-0.1, -0.05) is 30.3 Å². The Morgan fingerprint density at radius 2 is 1.93 bits per heavy atom. The van der Waals surface area contributed by atoms with Crippen molar-refractivity contribution in [3.63, 3.8) is 0 Å². The summed E-state index contributed by atoms with van der Waals surface area (Å²) >= 11 is 0. The third-order valence-electron chi connectivity index (χ3n) is 7.87. The molecule has 3 heterocycles. The number of hydrogen-bond acceptors (Lipinski definition) is 7. The molecule has 0 bridgehead atoms. The van der Waals surface area contributed by atoms with Gasteiger partial charge in [-0.3, -0.25) is 19.1 Å². The second-order valence-corrected chi connectivity index (χ2v) is 10.4. The molecule has 3 amide bonds. The van der Waals surface area contributed by atoms with E-state index in [1.165, 1.54) is 9.58 Å². The number of hydrogen-bond donors (Lipinski definition) is 3. The lowest BCUT2D eigenvalue weighted by Crippen LogP contribution is -2.51. The summed E-state index contributed by atoms with van der Waals surface area (Å²) in [4.78, 5) is 40.1. The molecule has 11 nitrogen and oxygen atoms in total. The number of aryl methyl sites for hydroxylation is 1. The van der Waals surface area contributed by atoms with Crippen LogP contribution in [0.4, 0.5) is 4.39 Å². The number of alkyl halides is 1. The number of nitrogens with zero attached hydrogens (tertiary/aromatic N) is 5. The van der Waals surface area contributed by atoms with Crippen LogP contribution in [-0.2, 0) is 22.6 Å². The van der Waals surface area contributed by atoms with Crippen molar-refractivity contribution in [2.45, 2.75) is 50.2 Å². The van der Waals surface area contributed by atoms with Gasteiger partial charge in [-0.25, -0.2) is 4.39 Å². The molecule has 4 aromatic rings. The first-order chi connectivity index (χ1) is 19.8. The number of rotatable bonds is 6. The van der Waals surface area contributed by atoms with Crippen LogP contribution in [-0.4, -0.2) is 72.5 Å². The van der Waals surface area contributed by atoms with Gasteiger partial charge in [-0.2, -0.15) is 15.3 Å². The largest absolute Gasteiger partial charge is 0.386 e. The van der Waals surface area contributed by atoms with Crippen LogP contribution in [0.5, 0.6) is 0 Å². The Balaban J connectivity index is 1.22. The number of benzene rings is 2. The minimum Gasteiger partial charge on any atom is -0.386 e. The molecular formula is C29H28FN7O4. The van der Waals surface area contributed by atoms with Crippen molar-refractivity contribution in [2.75, 3.05) is 6.54 Å². The van der Waals surface area contributed by atoms with Crippen molar-refractivity contribution in [2.24, 2.45) is 5.73 Å². The summed E-state index contributed by atoms with van der Waals surface area (Å²) in [5.41, 5.74) is 9.37. The summed E-state index contributed by atoms with van der Waals surface area (Å²) in [7, 11) is 0. The molecule has 0 saturated carbocycles. The fourth-order valence-electron chi connectivity index (χ4n) is 5.82. The smallest absolute Gasteiger partial charge is 0.269 e. The molecule has 0 radical (unpaired) electrons. The average molecular weight is 558 g/mol. The number of aliphatic hydroxyl groups is 1. The third-order valence-corrected chi connectivity index (χ3v) is 7.87. The molecule has 6 rings (SSSR count). The molecule has 41 heavy (non-hydrogen) atoms. The van der Waals surface area contributed by atoms with Crippen molar-refractivity contribution >= 4 is 28.6 Å². The molecule has 1 aliphatic heterocycles. The highest BCUT2D eigenvalue weighted by Crippen LogP contribution is 2.31. The molecular weight excluding hydrogens is 529 g/mol. The molecule has 2 aromatic heterocycles. The maximum Gasteiger partial charge on any atom is 0.269 e. The third kappa shape index (κ3) is 5.02. The summed E-state index contributed by atoms with van der Waals surface area (Å²) in [6.45, 7) is -0.566. The zero-order valence-electron chi connectivity index (χ0n) is 22.0. The van der Waals surface area contributed by atoms with Gasteiger partial charge in [0, 0.05) is 17.4 Å². The second kappa shape index (κ2) is 10.7. The molecule has 1 saturated heterocycles. The lowest BCUT2D eigenvalue weighted by Gasteiger charge is -2.32. The van der Waals surface area contributed by atoms with E-state index >= 15 is 0 Å². The van der Waals surface area contributed by atoms with Gasteiger partial charge in [0.25, 0.3) is 5.91 Å². The monoisotopic (exact) mass is 557 g/mol. The molecule has 0 spiro atoms. The highest BCUT2D eigenvalue weighted by atomic mass is 19.1. The lowest BCUT2D eigenvalue weighted by molar-refractivity contribution is -0.139. The molecule has 2 aromatic carbocycles. The highest BCUT2D eigenvalue weighted by Gasteiger charge is 2.41. The van der Waals surface area contributed by atoms with Gasteiger partial charge in [0.05, 0.1) is 36.6 Å². The quantitative estimate of drug-likeness (QED) is 0.326.